The lowest BCUT2D eigenvalue weighted by Crippen LogP contribution is -2.19. The van der Waals surface area contributed by atoms with Crippen molar-refractivity contribution in [2.45, 2.75) is 45.1 Å². The highest BCUT2D eigenvalue weighted by atomic mass is 32.2. The third kappa shape index (κ3) is 4.25. The van der Waals surface area contributed by atoms with Crippen molar-refractivity contribution >= 4 is 11.8 Å². The molecule has 0 spiro atoms. The Morgan fingerprint density at radius 2 is 1.84 bits per heavy atom. The van der Waals surface area contributed by atoms with Gasteiger partial charge in [0, 0.05) is 11.8 Å². The summed E-state index contributed by atoms with van der Waals surface area (Å²) in [6.45, 7) is 4.57. The first kappa shape index (κ1) is 14.9. The van der Waals surface area contributed by atoms with Crippen LogP contribution in [0.2, 0.25) is 0 Å². The van der Waals surface area contributed by atoms with Crippen LogP contribution in [-0.2, 0) is 0 Å². The van der Waals surface area contributed by atoms with Gasteiger partial charge in [-0.3, -0.25) is 0 Å². The van der Waals surface area contributed by atoms with E-state index in [1.165, 1.54) is 30.6 Å². The summed E-state index contributed by atoms with van der Waals surface area (Å²) in [4.78, 5) is 0. The van der Waals surface area contributed by atoms with Crippen molar-refractivity contribution in [1.82, 2.24) is 5.32 Å². The molecule has 1 fully saturated rings. The molecule has 106 valence electrons. The van der Waals surface area contributed by atoms with Gasteiger partial charge in [0.05, 0.1) is 0 Å². The van der Waals surface area contributed by atoms with E-state index < -0.39 is 0 Å². The van der Waals surface area contributed by atoms with Crippen molar-refractivity contribution < 1.29 is 0 Å². The molecule has 0 radical (unpaired) electrons. The number of rotatable bonds is 7. The van der Waals surface area contributed by atoms with E-state index in [1.54, 1.807) is 5.56 Å². The molecule has 19 heavy (non-hydrogen) atoms. The average molecular weight is 277 g/mol. The molecule has 1 aromatic rings. The fourth-order valence-corrected chi connectivity index (χ4v) is 3.71. The molecule has 2 heteroatoms. The second-order valence-electron chi connectivity index (χ2n) is 6.07. The maximum atomic E-state index is 3.45. The van der Waals surface area contributed by atoms with Gasteiger partial charge >= 0.3 is 0 Å². The zero-order valence-electron chi connectivity index (χ0n) is 12.5. The minimum Gasteiger partial charge on any atom is -0.312 e. The lowest BCUT2D eigenvalue weighted by Gasteiger charge is -2.26. The highest BCUT2D eigenvalue weighted by molar-refractivity contribution is 7.99. The van der Waals surface area contributed by atoms with Gasteiger partial charge in [0.15, 0.2) is 0 Å². The Morgan fingerprint density at radius 1 is 1.16 bits per heavy atom. The molecule has 1 atom stereocenters. The van der Waals surface area contributed by atoms with Crippen LogP contribution in [0, 0.1) is 5.92 Å². The molecule has 1 nitrogen and oxygen atoms in total. The predicted octanol–water partition coefficient (Wildman–Crippen LogP) is 4.60. The molecule has 1 aromatic carbocycles. The van der Waals surface area contributed by atoms with Gasteiger partial charge in [-0.1, -0.05) is 44.5 Å². The molecule has 0 saturated heterocycles. The van der Waals surface area contributed by atoms with Crippen molar-refractivity contribution in [1.29, 1.82) is 0 Å². The summed E-state index contributed by atoms with van der Waals surface area (Å²) in [7, 11) is 2.07. The molecular weight excluding hydrogens is 250 g/mol. The third-order valence-electron chi connectivity index (χ3n) is 4.00. The van der Waals surface area contributed by atoms with Crippen molar-refractivity contribution in [3.63, 3.8) is 0 Å². The maximum absolute atomic E-state index is 3.45. The molecule has 0 heterocycles. The summed E-state index contributed by atoms with van der Waals surface area (Å²) < 4.78 is 0. The van der Waals surface area contributed by atoms with E-state index >= 15 is 0 Å². The summed E-state index contributed by atoms with van der Waals surface area (Å²) in [5.74, 6) is 4.04. The molecule has 1 aliphatic carbocycles. The van der Waals surface area contributed by atoms with E-state index in [-0.39, 0.29) is 0 Å². The molecular formula is C17H27NS. The molecule has 1 N–H and O–H groups in total. The van der Waals surface area contributed by atoms with Crippen molar-refractivity contribution in [2.75, 3.05) is 18.6 Å². The Labute approximate surface area is 122 Å². The quantitative estimate of drug-likeness (QED) is 0.781. The van der Waals surface area contributed by atoms with Crippen LogP contribution in [0.4, 0.5) is 0 Å². The molecule has 0 amide bonds. The zero-order valence-corrected chi connectivity index (χ0v) is 13.3. The largest absolute Gasteiger partial charge is 0.312 e. The van der Waals surface area contributed by atoms with Gasteiger partial charge in [-0.05, 0) is 48.6 Å². The molecule has 2 rings (SSSR count). The lowest BCUT2D eigenvalue weighted by atomic mass is 9.80. The van der Waals surface area contributed by atoms with Crippen LogP contribution in [0.25, 0.3) is 0 Å². The van der Waals surface area contributed by atoms with Crippen LogP contribution in [-0.4, -0.2) is 18.6 Å². The molecule has 1 saturated carbocycles. The van der Waals surface area contributed by atoms with Gasteiger partial charge in [0.2, 0.25) is 0 Å². The first-order valence-electron chi connectivity index (χ1n) is 7.55. The second kappa shape index (κ2) is 7.35. The van der Waals surface area contributed by atoms with Crippen molar-refractivity contribution in [2.24, 2.45) is 5.92 Å². The number of thioether (sulfide) groups is 1. The maximum Gasteiger partial charge on any atom is 0.0409 e. The van der Waals surface area contributed by atoms with Gasteiger partial charge in [0.25, 0.3) is 0 Å². The van der Waals surface area contributed by atoms with Gasteiger partial charge in [-0.15, -0.1) is 0 Å². The summed E-state index contributed by atoms with van der Waals surface area (Å²) in [5.41, 5.74) is 2.97. The normalized spacial score (nSPS) is 17.5. The van der Waals surface area contributed by atoms with Crippen molar-refractivity contribution in [3.8, 4) is 0 Å². The fourth-order valence-electron chi connectivity index (χ4n) is 2.51. The van der Waals surface area contributed by atoms with Crippen molar-refractivity contribution in [3.05, 3.63) is 35.4 Å². The smallest absolute Gasteiger partial charge is 0.0409 e. The van der Waals surface area contributed by atoms with E-state index in [9.17, 15) is 0 Å². The van der Waals surface area contributed by atoms with E-state index in [0.717, 1.165) is 17.6 Å². The average Bonchev–Trinajstić information content (AvgIpc) is 2.33. The summed E-state index contributed by atoms with van der Waals surface area (Å²) >= 11 is 2.05. The highest BCUT2D eigenvalue weighted by Crippen LogP contribution is 2.36. The second-order valence-corrected chi connectivity index (χ2v) is 7.14. The van der Waals surface area contributed by atoms with Gasteiger partial charge < -0.3 is 5.32 Å². The van der Waals surface area contributed by atoms with Gasteiger partial charge in [-0.2, -0.15) is 11.8 Å². The minimum absolute atomic E-state index is 0.485. The van der Waals surface area contributed by atoms with Crippen LogP contribution >= 0.6 is 11.8 Å². The summed E-state index contributed by atoms with van der Waals surface area (Å²) in [5, 5.41) is 3.45. The summed E-state index contributed by atoms with van der Waals surface area (Å²) in [6.07, 6.45) is 4.19. The number of hydrogen-bond acceptors (Lipinski definition) is 2. The van der Waals surface area contributed by atoms with Crippen LogP contribution < -0.4 is 5.32 Å². The molecule has 0 aliphatic heterocycles. The molecule has 0 bridgehead atoms. The molecule has 0 aromatic heterocycles. The Hall–Kier alpha value is -0.470. The van der Waals surface area contributed by atoms with E-state index in [0.29, 0.717) is 6.04 Å². The molecule has 1 unspecified atom stereocenters. The van der Waals surface area contributed by atoms with Gasteiger partial charge in [-0.25, -0.2) is 0 Å². The van der Waals surface area contributed by atoms with E-state index in [4.69, 9.17) is 0 Å². The van der Waals surface area contributed by atoms with Crippen LogP contribution in [0.1, 0.15) is 56.2 Å². The van der Waals surface area contributed by atoms with E-state index in [1.807, 2.05) is 0 Å². The lowest BCUT2D eigenvalue weighted by molar-refractivity contribution is 0.419. The van der Waals surface area contributed by atoms with Gasteiger partial charge in [0.1, 0.15) is 0 Å². The van der Waals surface area contributed by atoms with E-state index in [2.05, 4.69) is 62.2 Å². The third-order valence-corrected chi connectivity index (χ3v) is 5.47. The number of hydrogen-bond donors (Lipinski definition) is 1. The molecule has 1 aliphatic rings. The fraction of sp³-hybridized carbons (Fsp3) is 0.647. The Bertz CT molecular complexity index is 367. The Balaban J connectivity index is 1.90. The minimum atomic E-state index is 0.485. The Kier molecular flexibility index (Phi) is 5.77. The number of nitrogens with one attached hydrogen (secondary N) is 1. The Morgan fingerprint density at radius 3 is 2.32 bits per heavy atom. The number of benzene rings is 1. The highest BCUT2D eigenvalue weighted by Gasteiger charge is 2.19. The monoisotopic (exact) mass is 277 g/mol. The van der Waals surface area contributed by atoms with Crippen LogP contribution in [0.15, 0.2) is 24.3 Å². The first-order valence-corrected chi connectivity index (χ1v) is 8.71. The zero-order chi connectivity index (χ0) is 13.7. The standard InChI is InChI=1S/C17H27NS/c1-13(2)11-19-12-17(18-3)16-9-7-15(8-10-16)14-5-4-6-14/h7-10,13-14,17-18H,4-6,11-12H2,1-3H3. The van der Waals surface area contributed by atoms with Crippen LogP contribution in [0.5, 0.6) is 0 Å². The SMILES string of the molecule is CNC(CSCC(C)C)c1ccc(C2CCC2)cc1. The first-order chi connectivity index (χ1) is 9.20. The summed E-state index contributed by atoms with van der Waals surface area (Å²) in [6, 6.07) is 9.82. The topological polar surface area (TPSA) is 12.0 Å². The predicted molar refractivity (Wildman–Crippen MR) is 87.0 cm³/mol. The van der Waals surface area contributed by atoms with Crippen LogP contribution in [0.3, 0.4) is 0 Å².